The Morgan fingerprint density at radius 1 is 1.26 bits per heavy atom. The fraction of sp³-hybridized carbons (Fsp3) is 0. The van der Waals surface area contributed by atoms with Crippen LogP contribution in [0.15, 0.2) is 36.8 Å². The second kappa shape index (κ2) is 5.21. The standard InChI is InChI=1S/C12H8FN3O3/c13-8-6-14-5-3-9(8)16-11(17)10-7(12(18)19)2-1-4-15-10/h1-6H,(H,18,19)(H,14,16,17). The van der Waals surface area contributed by atoms with Gasteiger partial charge in [-0.1, -0.05) is 0 Å². The first-order chi connectivity index (χ1) is 9.09. The number of pyridine rings is 2. The lowest BCUT2D eigenvalue weighted by Gasteiger charge is -2.07. The second-order valence-electron chi connectivity index (χ2n) is 3.51. The molecule has 6 nitrogen and oxygen atoms in total. The van der Waals surface area contributed by atoms with Crippen molar-refractivity contribution in [1.29, 1.82) is 0 Å². The maximum atomic E-state index is 13.3. The van der Waals surface area contributed by atoms with Gasteiger partial charge in [-0.05, 0) is 18.2 Å². The van der Waals surface area contributed by atoms with Gasteiger partial charge in [-0.15, -0.1) is 0 Å². The number of hydrogen-bond donors (Lipinski definition) is 2. The highest BCUT2D eigenvalue weighted by molar-refractivity contribution is 6.09. The van der Waals surface area contributed by atoms with Crippen LogP contribution in [0.25, 0.3) is 0 Å². The van der Waals surface area contributed by atoms with Crippen molar-refractivity contribution < 1.29 is 19.1 Å². The maximum Gasteiger partial charge on any atom is 0.338 e. The smallest absolute Gasteiger partial charge is 0.338 e. The van der Waals surface area contributed by atoms with Crippen molar-refractivity contribution in [2.24, 2.45) is 0 Å². The van der Waals surface area contributed by atoms with Crippen LogP contribution in [-0.4, -0.2) is 27.0 Å². The molecule has 0 aliphatic heterocycles. The Morgan fingerprint density at radius 2 is 2.05 bits per heavy atom. The van der Waals surface area contributed by atoms with E-state index >= 15 is 0 Å². The molecule has 2 aromatic heterocycles. The van der Waals surface area contributed by atoms with Crippen molar-refractivity contribution >= 4 is 17.6 Å². The van der Waals surface area contributed by atoms with Crippen LogP contribution in [0.1, 0.15) is 20.8 Å². The molecule has 1 amide bonds. The first-order valence-electron chi connectivity index (χ1n) is 5.19. The van der Waals surface area contributed by atoms with E-state index in [-0.39, 0.29) is 16.9 Å². The molecule has 7 heteroatoms. The van der Waals surface area contributed by atoms with Gasteiger partial charge in [-0.3, -0.25) is 14.8 Å². The minimum Gasteiger partial charge on any atom is -0.478 e. The third-order valence-electron chi connectivity index (χ3n) is 2.27. The maximum absolute atomic E-state index is 13.3. The molecule has 0 spiro atoms. The Kier molecular flexibility index (Phi) is 3.46. The van der Waals surface area contributed by atoms with Gasteiger partial charge in [0.2, 0.25) is 0 Å². The molecule has 2 heterocycles. The molecule has 0 unspecified atom stereocenters. The van der Waals surface area contributed by atoms with E-state index in [1.54, 1.807) is 0 Å². The number of carbonyl (C=O) groups excluding carboxylic acids is 1. The molecule has 2 rings (SSSR count). The predicted molar refractivity (Wildman–Crippen MR) is 63.3 cm³/mol. The van der Waals surface area contributed by atoms with Crippen LogP contribution in [0.2, 0.25) is 0 Å². The number of aromatic nitrogens is 2. The van der Waals surface area contributed by atoms with Gasteiger partial charge in [0.05, 0.1) is 17.4 Å². The molecule has 0 bridgehead atoms. The average molecular weight is 261 g/mol. The van der Waals surface area contributed by atoms with Crippen molar-refractivity contribution in [2.75, 3.05) is 5.32 Å². The molecule has 0 saturated heterocycles. The number of nitrogens with one attached hydrogen (secondary N) is 1. The van der Waals surface area contributed by atoms with Crippen LogP contribution >= 0.6 is 0 Å². The number of anilines is 1. The first-order valence-corrected chi connectivity index (χ1v) is 5.19. The average Bonchev–Trinajstić information content (AvgIpc) is 2.41. The number of aromatic carboxylic acids is 1. The van der Waals surface area contributed by atoms with Gasteiger partial charge in [0.25, 0.3) is 5.91 Å². The summed E-state index contributed by atoms with van der Waals surface area (Å²) in [7, 11) is 0. The Hall–Kier alpha value is -2.83. The minimum atomic E-state index is -1.28. The van der Waals surface area contributed by atoms with E-state index in [4.69, 9.17) is 5.11 Å². The van der Waals surface area contributed by atoms with Gasteiger partial charge in [-0.2, -0.15) is 0 Å². The third-order valence-corrected chi connectivity index (χ3v) is 2.27. The number of carbonyl (C=O) groups is 2. The summed E-state index contributed by atoms with van der Waals surface area (Å²) in [5.41, 5.74) is -0.636. The van der Waals surface area contributed by atoms with E-state index in [0.29, 0.717) is 0 Å². The Morgan fingerprint density at radius 3 is 2.74 bits per heavy atom. The lowest BCUT2D eigenvalue weighted by molar-refractivity contribution is 0.0691. The minimum absolute atomic E-state index is 0.0954. The number of halogens is 1. The quantitative estimate of drug-likeness (QED) is 0.874. The highest BCUT2D eigenvalue weighted by Crippen LogP contribution is 2.13. The first kappa shape index (κ1) is 12.6. The summed E-state index contributed by atoms with van der Waals surface area (Å²) < 4.78 is 13.3. The highest BCUT2D eigenvalue weighted by Gasteiger charge is 2.18. The zero-order valence-corrected chi connectivity index (χ0v) is 9.50. The summed E-state index contributed by atoms with van der Waals surface area (Å²) in [4.78, 5) is 30.0. The lowest BCUT2D eigenvalue weighted by Crippen LogP contribution is -2.18. The summed E-state index contributed by atoms with van der Waals surface area (Å²) in [6.07, 6.45) is 3.52. The van der Waals surface area contributed by atoms with E-state index in [1.807, 2.05) is 0 Å². The molecule has 0 saturated carbocycles. The SMILES string of the molecule is O=C(O)c1cccnc1C(=O)Nc1ccncc1F. The topological polar surface area (TPSA) is 92.2 Å². The zero-order valence-electron chi connectivity index (χ0n) is 9.50. The Balaban J connectivity index is 2.31. The van der Waals surface area contributed by atoms with Crippen LogP contribution in [0.5, 0.6) is 0 Å². The predicted octanol–water partition coefficient (Wildman–Crippen LogP) is 1.57. The van der Waals surface area contributed by atoms with Crippen LogP contribution in [-0.2, 0) is 0 Å². The molecule has 0 aliphatic carbocycles. The Labute approximate surface area is 106 Å². The number of nitrogens with zero attached hydrogens (tertiary/aromatic N) is 2. The van der Waals surface area contributed by atoms with E-state index in [9.17, 15) is 14.0 Å². The van der Waals surface area contributed by atoms with Gasteiger partial charge in [0, 0.05) is 12.4 Å². The molecule has 0 radical (unpaired) electrons. The normalized spacial score (nSPS) is 9.95. The summed E-state index contributed by atoms with van der Waals surface area (Å²) >= 11 is 0. The van der Waals surface area contributed by atoms with Crippen LogP contribution in [0.4, 0.5) is 10.1 Å². The van der Waals surface area contributed by atoms with Crippen molar-refractivity contribution in [3.05, 3.63) is 53.9 Å². The molecule has 0 aliphatic rings. The largest absolute Gasteiger partial charge is 0.478 e. The Bertz CT molecular complexity index is 646. The summed E-state index contributed by atoms with van der Waals surface area (Å²) in [6.45, 7) is 0. The van der Waals surface area contributed by atoms with Crippen molar-refractivity contribution in [3.63, 3.8) is 0 Å². The molecular formula is C12H8FN3O3. The van der Waals surface area contributed by atoms with Crippen LogP contribution in [0, 0.1) is 5.82 Å². The molecule has 2 aromatic rings. The number of amides is 1. The zero-order chi connectivity index (χ0) is 13.8. The van der Waals surface area contributed by atoms with Gasteiger partial charge in [0.15, 0.2) is 5.82 Å². The fourth-order valence-corrected chi connectivity index (χ4v) is 1.42. The number of hydrogen-bond acceptors (Lipinski definition) is 4. The monoisotopic (exact) mass is 261 g/mol. The third kappa shape index (κ3) is 2.71. The van der Waals surface area contributed by atoms with Crippen LogP contribution in [0.3, 0.4) is 0 Å². The number of carboxylic acids is 1. The van der Waals surface area contributed by atoms with Crippen molar-refractivity contribution in [3.8, 4) is 0 Å². The molecular weight excluding hydrogens is 253 g/mol. The molecule has 0 fully saturated rings. The summed E-state index contributed by atoms with van der Waals surface area (Å²) in [5, 5.41) is 11.2. The van der Waals surface area contributed by atoms with E-state index in [2.05, 4.69) is 15.3 Å². The lowest BCUT2D eigenvalue weighted by atomic mass is 10.2. The molecule has 19 heavy (non-hydrogen) atoms. The second-order valence-corrected chi connectivity index (χ2v) is 3.51. The van der Waals surface area contributed by atoms with Gasteiger partial charge in [-0.25, -0.2) is 9.18 Å². The molecule has 0 aromatic carbocycles. The van der Waals surface area contributed by atoms with Crippen molar-refractivity contribution in [1.82, 2.24) is 9.97 Å². The van der Waals surface area contributed by atoms with E-state index in [1.165, 1.54) is 30.6 Å². The van der Waals surface area contributed by atoms with Gasteiger partial charge in [0.1, 0.15) is 5.69 Å². The fourth-order valence-electron chi connectivity index (χ4n) is 1.42. The number of carboxylic acid groups (broad SMARTS) is 1. The van der Waals surface area contributed by atoms with Crippen LogP contribution < -0.4 is 5.32 Å². The highest BCUT2D eigenvalue weighted by atomic mass is 19.1. The van der Waals surface area contributed by atoms with Gasteiger partial charge >= 0.3 is 5.97 Å². The van der Waals surface area contributed by atoms with Crippen molar-refractivity contribution in [2.45, 2.75) is 0 Å². The number of rotatable bonds is 3. The molecule has 96 valence electrons. The summed E-state index contributed by atoms with van der Waals surface area (Å²) in [6, 6.07) is 3.90. The van der Waals surface area contributed by atoms with E-state index < -0.39 is 17.7 Å². The molecule has 2 N–H and O–H groups in total. The molecule has 0 atom stereocenters. The van der Waals surface area contributed by atoms with Gasteiger partial charge < -0.3 is 10.4 Å². The summed E-state index contributed by atoms with van der Waals surface area (Å²) in [5.74, 6) is -2.81. The van der Waals surface area contributed by atoms with E-state index in [0.717, 1.165) is 6.20 Å².